The summed E-state index contributed by atoms with van der Waals surface area (Å²) in [5.41, 5.74) is 4.04. The molecule has 164 valence electrons. The van der Waals surface area contributed by atoms with E-state index in [-0.39, 0.29) is 18.1 Å². The third-order valence-corrected chi connectivity index (χ3v) is 6.36. The van der Waals surface area contributed by atoms with Gasteiger partial charge in [0.2, 0.25) is 0 Å². The number of hydrogen-bond acceptors (Lipinski definition) is 5. The SMILES string of the molecule is Cc1ccc(NC(=O)COc2ccc(C=c3sc4nc5ccccc5n4c3=O)cc2Cl)cc1. The van der Waals surface area contributed by atoms with Gasteiger partial charge in [-0.05, 0) is 55.0 Å². The molecule has 3 aromatic carbocycles. The molecule has 2 aromatic heterocycles. The molecule has 5 rings (SSSR count). The van der Waals surface area contributed by atoms with Crippen LogP contribution in [-0.2, 0) is 4.79 Å². The maximum absolute atomic E-state index is 12.9. The van der Waals surface area contributed by atoms with E-state index in [1.807, 2.05) is 55.5 Å². The van der Waals surface area contributed by atoms with E-state index in [0.717, 1.165) is 22.2 Å². The van der Waals surface area contributed by atoms with E-state index < -0.39 is 0 Å². The number of benzene rings is 3. The van der Waals surface area contributed by atoms with Crippen molar-refractivity contribution in [1.29, 1.82) is 0 Å². The number of anilines is 1. The predicted molar refractivity (Wildman–Crippen MR) is 132 cm³/mol. The molecule has 0 aliphatic carbocycles. The Kier molecular flexibility index (Phi) is 5.58. The highest BCUT2D eigenvalue weighted by molar-refractivity contribution is 7.15. The first-order chi connectivity index (χ1) is 16.0. The van der Waals surface area contributed by atoms with E-state index in [1.54, 1.807) is 28.7 Å². The van der Waals surface area contributed by atoms with Crippen molar-refractivity contribution in [2.45, 2.75) is 6.92 Å². The van der Waals surface area contributed by atoms with Gasteiger partial charge >= 0.3 is 0 Å². The number of hydrogen-bond donors (Lipinski definition) is 1. The largest absolute Gasteiger partial charge is 0.482 e. The van der Waals surface area contributed by atoms with Crippen LogP contribution in [0.3, 0.4) is 0 Å². The highest BCUT2D eigenvalue weighted by atomic mass is 35.5. The van der Waals surface area contributed by atoms with E-state index in [2.05, 4.69) is 10.3 Å². The number of carbonyl (C=O) groups excluding carboxylic acids is 1. The molecule has 0 unspecified atom stereocenters. The van der Waals surface area contributed by atoms with Gasteiger partial charge in [-0.3, -0.25) is 9.59 Å². The average molecular weight is 476 g/mol. The minimum absolute atomic E-state index is 0.118. The van der Waals surface area contributed by atoms with Crippen LogP contribution >= 0.6 is 22.9 Å². The van der Waals surface area contributed by atoms with Crippen molar-refractivity contribution in [3.05, 3.63) is 97.8 Å². The molecule has 0 spiro atoms. The van der Waals surface area contributed by atoms with Crippen molar-refractivity contribution in [2.75, 3.05) is 11.9 Å². The highest BCUT2D eigenvalue weighted by Crippen LogP contribution is 2.26. The summed E-state index contributed by atoms with van der Waals surface area (Å²) in [5, 5.41) is 3.13. The second kappa shape index (κ2) is 8.69. The summed E-state index contributed by atoms with van der Waals surface area (Å²) in [4.78, 5) is 30.2. The number of thiazole rings is 1. The van der Waals surface area contributed by atoms with E-state index in [1.165, 1.54) is 11.3 Å². The Morgan fingerprint density at radius 3 is 2.73 bits per heavy atom. The zero-order valence-corrected chi connectivity index (χ0v) is 19.1. The third kappa shape index (κ3) is 4.33. The van der Waals surface area contributed by atoms with Gasteiger partial charge in [-0.15, -0.1) is 0 Å². The molecule has 0 aliphatic rings. The van der Waals surface area contributed by atoms with Gasteiger partial charge in [-0.1, -0.05) is 58.8 Å². The van der Waals surface area contributed by atoms with Crippen molar-refractivity contribution in [3.63, 3.8) is 0 Å². The number of ether oxygens (including phenoxy) is 1. The summed E-state index contributed by atoms with van der Waals surface area (Å²) in [7, 11) is 0. The van der Waals surface area contributed by atoms with Crippen LogP contribution in [0.4, 0.5) is 5.69 Å². The molecule has 1 amide bonds. The molecule has 0 saturated heterocycles. The molecule has 6 nitrogen and oxygen atoms in total. The minimum Gasteiger partial charge on any atom is -0.482 e. The smallest absolute Gasteiger partial charge is 0.274 e. The normalized spacial score (nSPS) is 11.9. The number of aromatic nitrogens is 2. The molecule has 0 atom stereocenters. The number of halogens is 1. The molecular weight excluding hydrogens is 458 g/mol. The van der Waals surface area contributed by atoms with Gasteiger partial charge in [-0.2, -0.15) is 0 Å². The molecule has 0 fully saturated rings. The highest BCUT2D eigenvalue weighted by Gasteiger charge is 2.11. The second-order valence-corrected chi connectivity index (χ2v) is 8.94. The van der Waals surface area contributed by atoms with Crippen LogP contribution in [0.15, 0.2) is 71.5 Å². The van der Waals surface area contributed by atoms with Crippen LogP contribution in [0.1, 0.15) is 11.1 Å². The molecule has 0 bridgehead atoms. The van der Waals surface area contributed by atoms with E-state index in [0.29, 0.717) is 26.0 Å². The number of para-hydroxylation sites is 2. The zero-order valence-electron chi connectivity index (χ0n) is 17.5. The fraction of sp³-hybridized carbons (Fsp3) is 0.0800. The van der Waals surface area contributed by atoms with Crippen LogP contribution in [0.5, 0.6) is 5.75 Å². The summed E-state index contributed by atoms with van der Waals surface area (Å²) in [6.07, 6.45) is 1.77. The number of nitrogens with one attached hydrogen (secondary N) is 1. The van der Waals surface area contributed by atoms with Gasteiger partial charge in [0, 0.05) is 5.69 Å². The van der Waals surface area contributed by atoms with Crippen molar-refractivity contribution in [2.24, 2.45) is 0 Å². The first-order valence-corrected chi connectivity index (χ1v) is 11.4. The van der Waals surface area contributed by atoms with Crippen LogP contribution in [0.25, 0.3) is 22.1 Å². The fourth-order valence-corrected chi connectivity index (χ4v) is 4.69. The first kappa shape index (κ1) is 21.2. The number of fused-ring (bicyclic) bond motifs is 3. The quantitative estimate of drug-likeness (QED) is 0.408. The molecule has 33 heavy (non-hydrogen) atoms. The second-order valence-electron chi connectivity index (χ2n) is 7.53. The lowest BCUT2D eigenvalue weighted by Crippen LogP contribution is -2.22. The molecule has 0 aliphatic heterocycles. The van der Waals surface area contributed by atoms with Gasteiger partial charge in [0.15, 0.2) is 11.6 Å². The minimum atomic E-state index is -0.282. The maximum atomic E-state index is 12.9. The molecule has 1 N–H and O–H groups in total. The fourth-order valence-electron chi connectivity index (χ4n) is 3.46. The Hall–Kier alpha value is -3.68. The van der Waals surface area contributed by atoms with Gasteiger partial charge in [0.25, 0.3) is 11.5 Å². The topological polar surface area (TPSA) is 72.7 Å². The van der Waals surface area contributed by atoms with E-state index in [4.69, 9.17) is 16.3 Å². The summed E-state index contributed by atoms with van der Waals surface area (Å²) in [5.74, 6) is 0.109. The van der Waals surface area contributed by atoms with Crippen molar-refractivity contribution in [1.82, 2.24) is 9.38 Å². The predicted octanol–water partition coefficient (Wildman–Crippen LogP) is 4.44. The van der Waals surface area contributed by atoms with Crippen molar-refractivity contribution < 1.29 is 9.53 Å². The van der Waals surface area contributed by atoms with Crippen LogP contribution in [0, 0.1) is 6.92 Å². The number of rotatable bonds is 5. The summed E-state index contributed by atoms with van der Waals surface area (Å²) >= 11 is 7.69. The van der Waals surface area contributed by atoms with Crippen LogP contribution in [0.2, 0.25) is 5.02 Å². The number of carbonyl (C=O) groups is 1. The monoisotopic (exact) mass is 475 g/mol. The van der Waals surface area contributed by atoms with Gasteiger partial charge in [-0.25, -0.2) is 9.38 Å². The maximum Gasteiger partial charge on any atom is 0.274 e. The van der Waals surface area contributed by atoms with Crippen LogP contribution in [-0.4, -0.2) is 21.9 Å². The Morgan fingerprint density at radius 2 is 1.94 bits per heavy atom. The number of aryl methyl sites for hydroxylation is 1. The number of amides is 1. The Balaban J connectivity index is 1.33. The Labute approximate surface area is 197 Å². The third-order valence-electron chi connectivity index (χ3n) is 5.09. The average Bonchev–Trinajstić information content (AvgIpc) is 3.31. The standard InChI is InChI=1S/C25H18ClN3O3S/c1-15-6-9-17(10-7-15)27-23(30)14-32-21-11-8-16(12-18(21)26)13-22-24(31)29-20-5-3-2-4-19(20)28-25(29)33-22/h2-13H,14H2,1H3,(H,27,30). The van der Waals surface area contributed by atoms with Crippen LogP contribution < -0.4 is 20.1 Å². The van der Waals surface area contributed by atoms with Gasteiger partial charge in [0.1, 0.15) is 5.75 Å². The Morgan fingerprint density at radius 1 is 1.15 bits per heavy atom. The van der Waals surface area contributed by atoms with Crippen molar-refractivity contribution >= 4 is 56.6 Å². The summed E-state index contributed by atoms with van der Waals surface area (Å²) < 4.78 is 7.76. The molecule has 0 radical (unpaired) electrons. The lowest BCUT2D eigenvalue weighted by molar-refractivity contribution is -0.118. The molecule has 8 heteroatoms. The molecule has 0 saturated carbocycles. The van der Waals surface area contributed by atoms with E-state index in [9.17, 15) is 9.59 Å². The number of nitrogens with zero attached hydrogens (tertiary/aromatic N) is 2. The lowest BCUT2D eigenvalue weighted by Gasteiger charge is -2.09. The van der Waals surface area contributed by atoms with Crippen molar-refractivity contribution in [3.8, 4) is 5.75 Å². The molecule has 2 heterocycles. The zero-order chi connectivity index (χ0) is 22.9. The summed E-state index contributed by atoms with van der Waals surface area (Å²) in [6.45, 7) is 1.81. The Bertz CT molecular complexity index is 1610. The lowest BCUT2D eigenvalue weighted by atomic mass is 10.2. The first-order valence-electron chi connectivity index (χ1n) is 10.2. The molecule has 5 aromatic rings. The summed E-state index contributed by atoms with van der Waals surface area (Å²) in [6, 6.07) is 20.2. The van der Waals surface area contributed by atoms with Gasteiger partial charge < -0.3 is 10.1 Å². The molecular formula is C25H18ClN3O3S. The number of imidazole rings is 1. The van der Waals surface area contributed by atoms with Gasteiger partial charge in [0.05, 0.1) is 20.6 Å². The van der Waals surface area contributed by atoms with E-state index >= 15 is 0 Å².